The number of ketones is 1. The Morgan fingerprint density at radius 2 is 1.75 bits per heavy atom. The second kappa shape index (κ2) is 11.9. The third-order valence-corrected chi connectivity index (χ3v) is 4.58. The Bertz CT molecular complexity index is 982. The number of halogens is 1. The van der Waals surface area contributed by atoms with E-state index in [1.54, 1.807) is 36.4 Å². The van der Waals surface area contributed by atoms with Gasteiger partial charge in [0.1, 0.15) is 22.9 Å². The van der Waals surface area contributed by atoms with Crippen molar-refractivity contribution in [1.29, 1.82) is 0 Å². The van der Waals surface area contributed by atoms with Crippen LogP contribution < -0.4 is 23.4 Å². The van der Waals surface area contributed by atoms with Crippen molar-refractivity contribution in [2.24, 2.45) is 10.2 Å². The van der Waals surface area contributed by atoms with Gasteiger partial charge in [-0.1, -0.05) is 6.07 Å². The van der Waals surface area contributed by atoms with E-state index < -0.39 is 17.7 Å². The second-order valence-electron chi connectivity index (χ2n) is 6.36. The Morgan fingerprint density at radius 3 is 2.34 bits per heavy atom. The average Bonchev–Trinajstić information content (AvgIpc) is 2.79. The Labute approximate surface area is 192 Å². The topological polar surface area (TPSA) is 99.0 Å². The van der Waals surface area contributed by atoms with Crippen LogP contribution in [-0.4, -0.2) is 45.2 Å². The molecule has 0 aliphatic rings. The maximum absolute atomic E-state index is 13.0. The number of hydrogen-bond acceptors (Lipinski definition) is 8. The molecule has 32 heavy (non-hydrogen) atoms. The average molecular weight is 464 g/mol. The van der Waals surface area contributed by atoms with Crippen LogP contribution in [0.15, 0.2) is 46.6 Å². The van der Waals surface area contributed by atoms with E-state index in [4.69, 9.17) is 30.7 Å². The lowest BCUT2D eigenvalue weighted by molar-refractivity contribution is -0.126. The van der Waals surface area contributed by atoms with E-state index in [-0.39, 0.29) is 11.4 Å². The smallest absolute Gasteiger partial charge is 0.276 e. The van der Waals surface area contributed by atoms with Crippen molar-refractivity contribution in [3.63, 3.8) is 0 Å². The molecule has 0 radical (unpaired) electrons. The van der Waals surface area contributed by atoms with Crippen LogP contribution in [0.4, 0.5) is 11.4 Å². The van der Waals surface area contributed by atoms with E-state index in [1.807, 2.05) is 13.8 Å². The molecular formula is C22H26ClN3O6. The predicted molar refractivity (Wildman–Crippen MR) is 121 cm³/mol. The first-order valence-corrected chi connectivity index (χ1v) is 10.2. The Hall–Kier alpha value is -3.33. The molecule has 0 aliphatic carbocycles. The van der Waals surface area contributed by atoms with E-state index in [1.165, 1.54) is 21.1 Å². The minimum absolute atomic E-state index is 0.205. The minimum atomic E-state index is -1.47. The van der Waals surface area contributed by atoms with E-state index in [0.29, 0.717) is 36.1 Å². The molecule has 1 amide bonds. The van der Waals surface area contributed by atoms with E-state index in [0.717, 1.165) is 4.42 Å². The van der Waals surface area contributed by atoms with Gasteiger partial charge in [-0.3, -0.25) is 9.59 Å². The molecule has 10 heteroatoms. The molecule has 0 aliphatic heterocycles. The van der Waals surface area contributed by atoms with Crippen molar-refractivity contribution in [2.75, 3.05) is 31.9 Å². The molecule has 0 saturated carbocycles. The summed E-state index contributed by atoms with van der Waals surface area (Å²) in [7, 11) is 2.88. The molecule has 0 saturated heterocycles. The first kappa shape index (κ1) is 24.9. The first-order chi connectivity index (χ1) is 15.4. The van der Waals surface area contributed by atoms with E-state index >= 15 is 0 Å². The van der Waals surface area contributed by atoms with Crippen LogP contribution in [0.5, 0.6) is 23.0 Å². The molecular weight excluding hydrogens is 438 g/mol. The third-order valence-electron chi connectivity index (χ3n) is 4.23. The molecule has 0 heterocycles. The zero-order valence-electron chi connectivity index (χ0n) is 18.6. The lowest BCUT2D eigenvalue weighted by Gasteiger charge is -2.20. The molecule has 172 valence electrons. The molecule has 0 bridgehead atoms. The number of benzene rings is 2. The van der Waals surface area contributed by atoms with Crippen LogP contribution in [0.3, 0.4) is 0 Å². The second-order valence-corrected chi connectivity index (χ2v) is 6.69. The van der Waals surface area contributed by atoms with Crippen LogP contribution >= 0.6 is 11.8 Å². The molecule has 0 spiro atoms. The number of anilines is 1. The van der Waals surface area contributed by atoms with Gasteiger partial charge in [-0.25, -0.2) is 4.42 Å². The van der Waals surface area contributed by atoms with Gasteiger partial charge >= 0.3 is 0 Å². The van der Waals surface area contributed by atoms with E-state index in [2.05, 4.69) is 10.2 Å². The van der Waals surface area contributed by atoms with Gasteiger partial charge in [0.25, 0.3) is 5.91 Å². The molecule has 0 N–H and O–H groups in total. The SMILES string of the molecule is CCOc1ccc(N=NC(C(C)=O)C(=O)N(Cl)c2cccc(OC)c2OC)c(OCC)c1. The highest BCUT2D eigenvalue weighted by atomic mass is 35.5. The molecule has 0 fully saturated rings. The van der Waals surface area contributed by atoms with Crippen LogP contribution in [-0.2, 0) is 9.59 Å². The van der Waals surface area contributed by atoms with E-state index in [9.17, 15) is 9.59 Å². The fourth-order valence-corrected chi connectivity index (χ4v) is 3.01. The summed E-state index contributed by atoms with van der Waals surface area (Å²) in [6.45, 7) is 5.80. The van der Waals surface area contributed by atoms with Crippen molar-refractivity contribution in [3.8, 4) is 23.0 Å². The van der Waals surface area contributed by atoms with Gasteiger partial charge in [0.15, 0.2) is 17.3 Å². The maximum Gasteiger partial charge on any atom is 0.276 e. The van der Waals surface area contributed by atoms with Crippen molar-refractivity contribution >= 4 is 34.8 Å². The van der Waals surface area contributed by atoms with Gasteiger partial charge < -0.3 is 18.9 Å². The summed E-state index contributed by atoms with van der Waals surface area (Å²) in [5.74, 6) is 0.303. The van der Waals surface area contributed by atoms with Gasteiger partial charge in [-0.2, -0.15) is 10.2 Å². The molecule has 2 aromatic rings. The number of ether oxygens (including phenoxy) is 4. The summed E-state index contributed by atoms with van der Waals surface area (Å²) in [4.78, 5) is 25.2. The lowest BCUT2D eigenvalue weighted by atomic mass is 10.2. The fraction of sp³-hybridized carbons (Fsp3) is 0.364. The normalized spacial score (nSPS) is 11.7. The number of rotatable bonds is 11. The van der Waals surface area contributed by atoms with Crippen molar-refractivity contribution in [3.05, 3.63) is 36.4 Å². The highest BCUT2D eigenvalue weighted by molar-refractivity contribution is 6.39. The molecule has 2 rings (SSSR count). The summed E-state index contributed by atoms with van der Waals surface area (Å²) >= 11 is 6.28. The van der Waals surface area contributed by atoms with Gasteiger partial charge in [-0.15, -0.1) is 0 Å². The quantitative estimate of drug-likeness (QED) is 0.271. The highest BCUT2D eigenvalue weighted by Crippen LogP contribution is 2.39. The number of amides is 1. The summed E-state index contributed by atoms with van der Waals surface area (Å²) in [5, 5.41) is 8.05. The van der Waals surface area contributed by atoms with Crippen LogP contribution in [0.25, 0.3) is 0 Å². The standard InChI is InChI=1S/C22H26ClN3O6/c1-6-31-15-11-12-16(19(13-15)32-7-2)24-25-20(14(3)27)22(28)26(23)17-9-8-10-18(29-4)21(17)30-5/h8-13,20H,6-7H2,1-5H3. The fourth-order valence-electron chi connectivity index (χ4n) is 2.78. The van der Waals surface area contributed by atoms with Crippen LogP contribution in [0.2, 0.25) is 0 Å². The summed E-state index contributed by atoms with van der Waals surface area (Å²) in [6, 6.07) is 8.37. The van der Waals surface area contributed by atoms with Crippen LogP contribution in [0, 0.1) is 0 Å². The number of nitrogens with zero attached hydrogens (tertiary/aromatic N) is 3. The van der Waals surface area contributed by atoms with Gasteiger partial charge in [0, 0.05) is 17.8 Å². The number of carbonyl (C=O) groups excluding carboxylic acids is 2. The van der Waals surface area contributed by atoms with Crippen molar-refractivity contribution in [1.82, 2.24) is 0 Å². The number of azo groups is 1. The first-order valence-electron chi connectivity index (χ1n) is 9.89. The molecule has 2 aromatic carbocycles. The number of methoxy groups -OCH3 is 2. The number of hydrogen-bond donors (Lipinski definition) is 0. The maximum atomic E-state index is 13.0. The van der Waals surface area contributed by atoms with Crippen LogP contribution in [0.1, 0.15) is 20.8 Å². The molecule has 9 nitrogen and oxygen atoms in total. The largest absolute Gasteiger partial charge is 0.494 e. The summed E-state index contributed by atoms with van der Waals surface area (Å²) < 4.78 is 22.4. The number of Topliss-reactive ketones (excluding diaryl/α,β-unsaturated/α-hetero) is 1. The summed E-state index contributed by atoms with van der Waals surface area (Å²) in [6.07, 6.45) is 0. The van der Waals surface area contributed by atoms with Gasteiger partial charge in [0.2, 0.25) is 6.04 Å². The predicted octanol–water partition coefficient (Wildman–Crippen LogP) is 4.73. The highest BCUT2D eigenvalue weighted by Gasteiger charge is 2.31. The molecule has 0 aromatic heterocycles. The lowest BCUT2D eigenvalue weighted by Crippen LogP contribution is -2.36. The van der Waals surface area contributed by atoms with Crippen molar-refractivity contribution < 1.29 is 28.5 Å². The van der Waals surface area contributed by atoms with Gasteiger partial charge in [-0.05, 0) is 45.0 Å². The Morgan fingerprint density at radius 1 is 1.03 bits per heavy atom. The monoisotopic (exact) mass is 463 g/mol. The zero-order chi connectivity index (χ0) is 23.7. The number of carbonyl (C=O) groups is 2. The summed E-state index contributed by atoms with van der Waals surface area (Å²) in [5.41, 5.74) is 0.547. The van der Waals surface area contributed by atoms with Gasteiger partial charge in [0.05, 0.1) is 27.4 Å². The third kappa shape index (κ3) is 5.88. The number of para-hydroxylation sites is 1. The van der Waals surface area contributed by atoms with Crippen molar-refractivity contribution in [2.45, 2.75) is 26.8 Å². The molecule has 1 unspecified atom stereocenters. The minimum Gasteiger partial charge on any atom is -0.494 e. The molecule has 1 atom stereocenters. The Balaban J connectivity index is 2.36. The zero-order valence-corrected chi connectivity index (χ0v) is 19.4. The Kier molecular flexibility index (Phi) is 9.27.